The van der Waals surface area contributed by atoms with E-state index in [1.54, 1.807) is 12.1 Å². The van der Waals surface area contributed by atoms with Gasteiger partial charge in [0.1, 0.15) is 0 Å². The first-order chi connectivity index (χ1) is 22.7. The third-order valence-electron chi connectivity index (χ3n) is 12.2. The normalized spacial score (nSPS) is 33.1. The van der Waals surface area contributed by atoms with E-state index < -0.39 is 0 Å². The first-order valence-electron chi connectivity index (χ1n) is 18.4. The van der Waals surface area contributed by atoms with Crippen LogP contribution in [0.3, 0.4) is 0 Å². The maximum absolute atomic E-state index is 13.6. The molecule has 6 aliphatic rings. The van der Waals surface area contributed by atoms with E-state index >= 15 is 0 Å². The lowest BCUT2D eigenvalue weighted by atomic mass is 9.56. The first-order valence-corrected chi connectivity index (χ1v) is 18.4. The molecule has 2 aliphatic heterocycles. The zero-order valence-electron chi connectivity index (χ0n) is 28.6. The zero-order chi connectivity index (χ0) is 33.0. The lowest BCUT2D eigenvalue weighted by Gasteiger charge is -2.53. The summed E-state index contributed by atoms with van der Waals surface area (Å²) in [4.78, 5) is 57.2. The van der Waals surface area contributed by atoms with Crippen molar-refractivity contribution in [2.75, 3.05) is 45.1 Å². The molecular weight excluding hydrogens is 592 g/mol. The monoisotopic (exact) mass is 648 g/mol. The molecule has 2 unspecified atom stereocenters. The van der Waals surface area contributed by atoms with E-state index in [1.165, 1.54) is 0 Å². The minimum atomic E-state index is -0.347. The molecule has 47 heavy (non-hydrogen) atoms. The predicted octanol–water partition coefficient (Wildman–Crippen LogP) is 4.07. The third kappa shape index (κ3) is 8.02. The number of amides is 4. The van der Waals surface area contributed by atoms with Gasteiger partial charge in [0.15, 0.2) is 0 Å². The number of rotatable bonds is 9. The average Bonchev–Trinajstić information content (AvgIpc) is 3.09. The molecule has 4 aliphatic carbocycles. The molecule has 4 saturated carbocycles. The Morgan fingerprint density at radius 2 is 1.43 bits per heavy atom. The number of likely N-dealkylation sites (tertiary alicyclic amines) is 2. The number of carbonyl (C=O) groups excluding carboxylic acids is 4. The lowest BCUT2D eigenvalue weighted by molar-refractivity contribution is -0.139. The van der Waals surface area contributed by atoms with Gasteiger partial charge in [-0.1, -0.05) is 6.92 Å². The number of carbonyl (C=O) groups is 4. The number of anilines is 1. The smallest absolute Gasteiger partial charge is 0.251 e. The molecular formula is C37H56N6O4. The van der Waals surface area contributed by atoms with Crippen LogP contribution in [0.1, 0.15) is 107 Å². The number of likely N-dealkylation sites (N-methyl/N-ethyl adjacent to an activating group) is 1. The number of nitrogens with one attached hydrogen (secondary N) is 4. The van der Waals surface area contributed by atoms with Gasteiger partial charge in [-0.15, -0.1) is 0 Å². The average molecular weight is 649 g/mol. The fourth-order valence-electron chi connectivity index (χ4n) is 8.97. The highest BCUT2D eigenvalue weighted by molar-refractivity contribution is 5.97. The van der Waals surface area contributed by atoms with Gasteiger partial charge in [0.25, 0.3) is 5.91 Å². The molecule has 0 radical (unpaired) electrons. The summed E-state index contributed by atoms with van der Waals surface area (Å²) < 4.78 is 0. The van der Waals surface area contributed by atoms with E-state index in [4.69, 9.17) is 0 Å². The number of nitrogens with zero attached hydrogens (tertiary/aromatic N) is 2. The van der Waals surface area contributed by atoms with Crippen molar-refractivity contribution >= 4 is 29.3 Å². The molecule has 2 heterocycles. The van der Waals surface area contributed by atoms with Crippen LogP contribution in [0, 0.1) is 17.3 Å². The molecule has 258 valence electrons. The highest BCUT2D eigenvalue weighted by atomic mass is 16.2. The Labute approximate surface area is 280 Å². The maximum atomic E-state index is 13.6. The number of benzene rings is 1. The molecule has 1 aromatic carbocycles. The molecule has 2 saturated heterocycles. The molecule has 2 bridgehead atoms. The second kappa shape index (κ2) is 14.6. The van der Waals surface area contributed by atoms with Crippen LogP contribution >= 0.6 is 0 Å². The van der Waals surface area contributed by atoms with Gasteiger partial charge in [-0.25, -0.2) is 0 Å². The van der Waals surface area contributed by atoms with Crippen molar-refractivity contribution in [3.05, 3.63) is 29.8 Å². The van der Waals surface area contributed by atoms with Crippen molar-refractivity contribution in [2.45, 2.75) is 114 Å². The zero-order valence-corrected chi connectivity index (χ0v) is 28.6. The predicted molar refractivity (Wildman–Crippen MR) is 183 cm³/mol. The highest BCUT2D eigenvalue weighted by Crippen LogP contribution is 2.52. The molecule has 2 atom stereocenters. The Bertz CT molecular complexity index is 1270. The summed E-state index contributed by atoms with van der Waals surface area (Å²) in [5.41, 5.74) is 0.682. The van der Waals surface area contributed by atoms with E-state index in [2.05, 4.69) is 38.0 Å². The van der Waals surface area contributed by atoms with Crippen molar-refractivity contribution in [1.29, 1.82) is 0 Å². The molecule has 7 rings (SSSR count). The van der Waals surface area contributed by atoms with E-state index in [0.717, 1.165) is 123 Å². The molecule has 4 amide bonds. The topological polar surface area (TPSA) is 123 Å². The van der Waals surface area contributed by atoms with Crippen LogP contribution in [0.5, 0.6) is 0 Å². The van der Waals surface area contributed by atoms with E-state index in [1.807, 2.05) is 19.2 Å². The quantitative estimate of drug-likeness (QED) is 0.321. The van der Waals surface area contributed by atoms with Gasteiger partial charge in [-0.05, 0) is 141 Å². The Morgan fingerprint density at radius 1 is 0.745 bits per heavy atom. The van der Waals surface area contributed by atoms with Gasteiger partial charge in [-0.2, -0.15) is 0 Å². The maximum Gasteiger partial charge on any atom is 0.251 e. The lowest BCUT2D eigenvalue weighted by Crippen LogP contribution is -2.60. The highest BCUT2D eigenvalue weighted by Gasteiger charge is 2.53. The molecule has 6 fully saturated rings. The van der Waals surface area contributed by atoms with Crippen LogP contribution in [0.2, 0.25) is 0 Å². The first kappa shape index (κ1) is 33.9. The van der Waals surface area contributed by atoms with Gasteiger partial charge in [-0.3, -0.25) is 19.2 Å². The van der Waals surface area contributed by atoms with Crippen molar-refractivity contribution < 1.29 is 19.2 Å². The fraction of sp³-hybridized carbons (Fsp3) is 0.730. The number of hydrogen-bond acceptors (Lipinski definition) is 6. The van der Waals surface area contributed by atoms with Crippen molar-refractivity contribution in [3.8, 4) is 0 Å². The Hall–Kier alpha value is -2.98. The van der Waals surface area contributed by atoms with Crippen LogP contribution in [0.4, 0.5) is 5.69 Å². The van der Waals surface area contributed by atoms with Crippen LogP contribution in [-0.4, -0.2) is 90.8 Å². The SMILES string of the molecule is CCN1CCCC(NC(=O)C2CCC(NC(=O)C34CCC(NC(=O)c5ccc(NC(=O)C6CCCN(C)C6)cc5)(CC3)CC4)CC2)C1. The minimum Gasteiger partial charge on any atom is -0.353 e. The number of piperidine rings is 2. The Kier molecular flexibility index (Phi) is 10.6. The molecule has 1 aromatic rings. The summed E-state index contributed by atoms with van der Waals surface area (Å²) in [5.74, 6) is 0.352. The van der Waals surface area contributed by atoms with Gasteiger partial charge in [0, 0.05) is 53.3 Å². The van der Waals surface area contributed by atoms with Crippen LogP contribution < -0.4 is 21.3 Å². The standard InChI is InChI=1S/C37H56N6O4/c1-3-43-23-5-7-31(25-43)39-32(44)26-8-14-30(15-9-26)40-35(47)36-16-19-37(20-17-36,21-18-36)41-34(46)27-10-12-29(13-11-27)38-33(45)28-6-4-22-42(2)24-28/h10-13,26,28,30-31H,3-9,14-25H2,1-2H3,(H,38,45)(H,39,44)(H,40,47)(H,41,46). The molecule has 0 spiro atoms. The van der Waals surface area contributed by atoms with Crippen LogP contribution in [0.25, 0.3) is 0 Å². The van der Waals surface area contributed by atoms with Crippen molar-refractivity contribution in [3.63, 3.8) is 0 Å². The van der Waals surface area contributed by atoms with E-state index in [0.29, 0.717) is 11.3 Å². The third-order valence-corrected chi connectivity index (χ3v) is 12.2. The van der Waals surface area contributed by atoms with Crippen LogP contribution in [0.15, 0.2) is 24.3 Å². The number of fused-ring (bicyclic) bond motifs is 3. The van der Waals surface area contributed by atoms with E-state index in [9.17, 15) is 19.2 Å². The summed E-state index contributed by atoms with van der Waals surface area (Å²) >= 11 is 0. The Morgan fingerprint density at radius 3 is 2.09 bits per heavy atom. The summed E-state index contributed by atoms with van der Waals surface area (Å²) in [5, 5.41) is 13.1. The van der Waals surface area contributed by atoms with Crippen molar-refractivity contribution in [1.82, 2.24) is 25.8 Å². The molecule has 0 aromatic heterocycles. The van der Waals surface area contributed by atoms with Crippen LogP contribution in [-0.2, 0) is 14.4 Å². The largest absolute Gasteiger partial charge is 0.353 e. The summed E-state index contributed by atoms with van der Waals surface area (Å²) in [7, 11) is 2.05. The van der Waals surface area contributed by atoms with Gasteiger partial charge < -0.3 is 31.1 Å². The Balaban J connectivity index is 0.930. The second-order valence-corrected chi connectivity index (χ2v) is 15.4. The molecule has 4 N–H and O–H groups in total. The molecule has 10 nitrogen and oxygen atoms in total. The minimum absolute atomic E-state index is 0.00530. The van der Waals surface area contributed by atoms with E-state index in [-0.39, 0.29) is 58.5 Å². The summed E-state index contributed by atoms with van der Waals surface area (Å²) in [6.07, 6.45) is 12.3. The van der Waals surface area contributed by atoms with Gasteiger partial charge in [0.05, 0.1) is 5.92 Å². The van der Waals surface area contributed by atoms with Crippen molar-refractivity contribution in [2.24, 2.45) is 17.3 Å². The second-order valence-electron chi connectivity index (χ2n) is 15.4. The van der Waals surface area contributed by atoms with Gasteiger partial charge in [0.2, 0.25) is 17.7 Å². The molecule has 10 heteroatoms. The fourth-order valence-corrected chi connectivity index (χ4v) is 8.97. The summed E-state index contributed by atoms with van der Waals surface area (Å²) in [6, 6.07) is 7.58. The summed E-state index contributed by atoms with van der Waals surface area (Å²) in [6.45, 7) is 7.10. The van der Waals surface area contributed by atoms with Gasteiger partial charge >= 0.3 is 0 Å². The number of hydrogen-bond donors (Lipinski definition) is 4.